The average Bonchev–Trinajstić information content (AvgIpc) is 2.05. The standard InChI is InChI=1S/C10H10/c1-2-6-10-8-4-3-7-9(10)5-1/h1-3,5-6,8-10H,7H2. The Morgan fingerprint density at radius 3 is 3.00 bits per heavy atom. The number of allylic oxidation sites excluding steroid dienone is 5. The Kier molecular flexibility index (Phi) is 1.34. The first-order valence-electron chi connectivity index (χ1n) is 3.73. The number of hydrogen-bond donors (Lipinski definition) is 0. The molecule has 0 spiro atoms. The second kappa shape index (κ2) is 2.32. The van der Waals surface area contributed by atoms with Crippen LogP contribution in [0, 0.1) is 11.8 Å². The van der Waals surface area contributed by atoms with E-state index in [1.165, 1.54) is 0 Å². The van der Waals surface area contributed by atoms with Crippen LogP contribution in [0.25, 0.3) is 0 Å². The van der Waals surface area contributed by atoms with Crippen molar-refractivity contribution in [3.63, 3.8) is 0 Å². The van der Waals surface area contributed by atoms with Crippen molar-refractivity contribution in [3.05, 3.63) is 42.2 Å². The molecule has 0 amide bonds. The molecule has 2 atom stereocenters. The van der Waals surface area contributed by atoms with E-state index < -0.39 is 0 Å². The van der Waals surface area contributed by atoms with Crippen LogP contribution >= 0.6 is 0 Å². The van der Waals surface area contributed by atoms with Crippen molar-refractivity contribution in [2.45, 2.75) is 6.42 Å². The lowest BCUT2D eigenvalue weighted by Crippen LogP contribution is -2.10. The van der Waals surface area contributed by atoms with Gasteiger partial charge in [-0.05, 0) is 24.5 Å². The summed E-state index contributed by atoms with van der Waals surface area (Å²) in [7, 11) is 0. The van der Waals surface area contributed by atoms with Gasteiger partial charge >= 0.3 is 0 Å². The predicted octanol–water partition coefficient (Wildman–Crippen LogP) is 2.46. The summed E-state index contributed by atoms with van der Waals surface area (Å²) in [5.41, 5.74) is 3.15. The van der Waals surface area contributed by atoms with Crippen molar-refractivity contribution >= 4 is 0 Å². The Morgan fingerprint density at radius 2 is 2.10 bits per heavy atom. The van der Waals surface area contributed by atoms with E-state index in [9.17, 15) is 0 Å². The summed E-state index contributed by atoms with van der Waals surface area (Å²) in [5.74, 6) is 1.33. The normalized spacial score (nSPS) is 34.4. The van der Waals surface area contributed by atoms with Gasteiger partial charge in [0.1, 0.15) is 0 Å². The summed E-state index contributed by atoms with van der Waals surface area (Å²) in [4.78, 5) is 0. The maximum atomic E-state index is 3.15. The Hall–Kier alpha value is -1.00. The fourth-order valence-electron chi connectivity index (χ4n) is 1.47. The molecule has 0 heterocycles. The summed E-state index contributed by atoms with van der Waals surface area (Å²) in [6.45, 7) is 0. The van der Waals surface area contributed by atoms with Crippen LogP contribution in [-0.4, -0.2) is 0 Å². The van der Waals surface area contributed by atoms with Crippen molar-refractivity contribution in [1.29, 1.82) is 0 Å². The van der Waals surface area contributed by atoms with E-state index in [-0.39, 0.29) is 0 Å². The zero-order valence-corrected chi connectivity index (χ0v) is 5.83. The number of hydrogen-bond acceptors (Lipinski definition) is 0. The van der Waals surface area contributed by atoms with Crippen molar-refractivity contribution in [1.82, 2.24) is 0 Å². The predicted molar refractivity (Wildman–Crippen MR) is 42.5 cm³/mol. The lowest BCUT2D eigenvalue weighted by Gasteiger charge is -2.20. The zero-order valence-electron chi connectivity index (χ0n) is 5.83. The summed E-state index contributed by atoms with van der Waals surface area (Å²) in [5, 5.41) is 0. The minimum atomic E-state index is 0.620. The van der Waals surface area contributed by atoms with Gasteiger partial charge in [0.25, 0.3) is 0 Å². The molecular formula is C10H10. The van der Waals surface area contributed by atoms with E-state index in [4.69, 9.17) is 0 Å². The third-order valence-electron chi connectivity index (χ3n) is 2.09. The molecule has 0 aromatic rings. The molecule has 0 N–H and O–H groups in total. The van der Waals surface area contributed by atoms with E-state index in [2.05, 4.69) is 42.2 Å². The first kappa shape index (κ1) is 5.76. The van der Waals surface area contributed by atoms with Crippen LogP contribution in [-0.2, 0) is 0 Å². The molecule has 0 saturated heterocycles. The van der Waals surface area contributed by atoms with Gasteiger partial charge in [-0.15, -0.1) is 5.73 Å². The lowest BCUT2D eigenvalue weighted by atomic mass is 9.84. The third kappa shape index (κ3) is 0.872. The van der Waals surface area contributed by atoms with Gasteiger partial charge in [-0.2, -0.15) is 0 Å². The van der Waals surface area contributed by atoms with Crippen LogP contribution in [0.3, 0.4) is 0 Å². The van der Waals surface area contributed by atoms with Gasteiger partial charge in [-0.25, -0.2) is 0 Å². The molecule has 2 unspecified atom stereocenters. The molecule has 2 aliphatic carbocycles. The van der Waals surface area contributed by atoms with Crippen LogP contribution in [0.2, 0.25) is 0 Å². The highest BCUT2D eigenvalue weighted by Crippen LogP contribution is 2.26. The van der Waals surface area contributed by atoms with Crippen LogP contribution in [0.15, 0.2) is 42.2 Å². The quantitative estimate of drug-likeness (QED) is 0.442. The van der Waals surface area contributed by atoms with Crippen molar-refractivity contribution in [2.75, 3.05) is 0 Å². The fourth-order valence-corrected chi connectivity index (χ4v) is 1.47. The zero-order chi connectivity index (χ0) is 6.81. The maximum Gasteiger partial charge on any atom is 0.00916 e. The highest BCUT2D eigenvalue weighted by atomic mass is 14.2. The molecule has 0 fully saturated rings. The van der Waals surface area contributed by atoms with Gasteiger partial charge in [0.15, 0.2) is 0 Å². The monoisotopic (exact) mass is 130 g/mol. The molecular weight excluding hydrogens is 120 g/mol. The molecule has 0 radical (unpaired) electrons. The van der Waals surface area contributed by atoms with Crippen LogP contribution in [0.1, 0.15) is 6.42 Å². The van der Waals surface area contributed by atoms with E-state index in [0.717, 1.165) is 6.42 Å². The van der Waals surface area contributed by atoms with Crippen molar-refractivity contribution in [3.8, 4) is 0 Å². The van der Waals surface area contributed by atoms with Crippen LogP contribution < -0.4 is 0 Å². The molecule has 0 aliphatic heterocycles. The largest absolute Gasteiger partial charge is 0.129 e. The van der Waals surface area contributed by atoms with Gasteiger partial charge < -0.3 is 0 Å². The highest BCUT2D eigenvalue weighted by molar-refractivity contribution is 5.21. The minimum Gasteiger partial charge on any atom is -0.129 e. The Labute approximate surface area is 61.3 Å². The first-order chi connectivity index (χ1) is 4.97. The van der Waals surface area contributed by atoms with Crippen LogP contribution in [0.5, 0.6) is 0 Å². The third-order valence-corrected chi connectivity index (χ3v) is 2.09. The van der Waals surface area contributed by atoms with E-state index >= 15 is 0 Å². The van der Waals surface area contributed by atoms with Crippen LogP contribution in [0.4, 0.5) is 0 Å². The molecule has 0 saturated carbocycles. The molecule has 2 rings (SSSR count). The molecule has 0 heteroatoms. The van der Waals surface area contributed by atoms with E-state index in [1.54, 1.807) is 0 Å². The lowest BCUT2D eigenvalue weighted by molar-refractivity contribution is 0.550. The molecule has 0 nitrogen and oxygen atoms in total. The molecule has 2 aliphatic rings. The van der Waals surface area contributed by atoms with Crippen molar-refractivity contribution in [2.24, 2.45) is 11.8 Å². The molecule has 50 valence electrons. The maximum absolute atomic E-state index is 3.15. The number of rotatable bonds is 0. The second-order valence-electron chi connectivity index (χ2n) is 2.78. The minimum absolute atomic E-state index is 0.620. The highest BCUT2D eigenvalue weighted by Gasteiger charge is 2.15. The SMILES string of the molecule is C1=CCC2C=CC=CC2C=1. The molecule has 0 aromatic heterocycles. The fraction of sp³-hybridized carbons (Fsp3) is 0.300. The number of fused-ring (bicyclic) bond motifs is 1. The second-order valence-corrected chi connectivity index (χ2v) is 2.78. The Morgan fingerprint density at radius 1 is 1.20 bits per heavy atom. The van der Waals surface area contributed by atoms with E-state index in [0.29, 0.717) is 11.8 Å². The summed E-state index contributed by atoms with van der Waals surface area (Å²) >= 11 is 0. The van der Waals surface area contributed by atoms with Gasteiger partial charge in [0.05, 0.1) is 0 Å². The summed E-state index contributed by atoms with van der Waals surface area (Å²) in [6.07, 6.45) is 14.2. The molecule has 10 heavy (non-hydrogen) atoms. The van der Waals surface area contributed by atoms with Gasteiger partial charge in [-0.3, -0.25) is 0 Å². The summed E-state index contributed by atoms with van der Waals surface area (Å²) < 4.78 is 0. The molecule has 0 aromatic carbocycles. The van der Waals surface area contributed by atoms with Gasteiger partial charge in [0.2, 0.25) is 0 Å². The summed E-state index contributed by atoms with van der Waals surface area (Å²) in [6, 6.07) is 0. The first-order valence-corrected chi connectivity index (χ1v) is 3.73. The van der Waals surface area contributed by atoms with Gasteiger partial charge in [-0.1, -0.05) is 24.3 Å². The van der Waals surface area contributed by atoms with Crippen molar-refractivity contribution < 1.29 is 0 Å². The molecule has 0 bridgehead atoms. The van der Waals surface area contributed by atoms with Gasteiger partial charge in [0, 0.05) is 5.92 Å². The topological polar surface area (TPSA) is 0 Å². The smallest absolute Gasteiger partial charge is 0.00916 e. The Bertz CT molecular complexity index is 237. The Balaban J connectivity index is 2.29. The average molecular weight is 130 g/mol. The van der Waals surface area contributed by atoms with E-state index in [1.807, 2.05) is 0 Å².